The van der Waals surface area contributed by atoms with Crippen LogP contribution in [0.5, 0.6) is 0 Å². The number of anilines is 1. The molecule has 138 valence electrons. The Morgan fingerprint density at radius 2 is 2.19 bits per heavy atom. The Hall–Kier alpha value is -3.53. The van der Waals surface area contributed by atoms with Crippen molar-refractivity contribution in [2.45, 2.75) is 19.3 Å². The molecular formula is C20H19N3O4. The van der Waals surface area contributed by atoms with Gasteiger partial charge in [0.25, 0.3) is 0 Å². The van der Waals surface area contributed by atoms with Gasteiger partial charge in [0.15, 0.2) is 5.41 Å². The number of carbonyl (C=O) groups is 2. The Morgan fingerprint density at radius 1 is 1.48 bits per heavy atom. The van der Waals surface area contributed by atoms with Crippen LogP contribution in [0, 0.1) is 11.3 Å². The fourth-order valence-electron chi connectivity index (χ4n) is 3.73. The van der Waals surface area contributed by atoms with Gasteiger partial charge in [0, 0.05) is 17.8 Å². The minimum absolute atomic E-state index is 0.0384. The van der Waals surface area contributed by atoms with Gasteiger partial charge in [-0.05, 0) is 19.9 Å². The number of allylic oxidation sites excluding steroid dienone is 1. The van der Waals surface area contributed by atoms with E-state index in [9.17, 15) is 14.9 Å². The van der Waals surface area contributed by atoms with E-state index in [0.29, 0.717) is 17.8 Å². The maximum Gasteiger partial charge on any atom is 0.339 e. The lowest BCUT2D eigenvalue weighted by Gasteiger charge is -2.34. The van der Waals surface area contributed by atoms with Crippen LogP contribution in [0.25, 0.3) is 0 Å². The molecule has 0 aromatic heterocycles. The van der Waals surface area contributed by atoms with E-state index in [1.54, 1.807) is 24.3 Å². The Morgan fingerprint density at radius 3 is 2.81 bits per heavy atom. The van der Waals surface area contributed by atoms with Gasteiger partial charge >= 0.3 is 5.97 Å². The largest absolute Gasteiger partial charge is 0.458 e. The molecule has 1 amide bonds. The van der Waals surface area contributed by atoms with Crippen LogP contribution in [0.3, 0.4) is 0 Å². The average Bonchev–Trinajstić information content (AvgIpc) is 2.89. The lowest BCUT2D eigenvalue weighted by atomic mass is 9.68. The Bertz CT molecular complexity index is 954. The number of benzene rings is 1. The van der Waals surface area contributed by atoms with Gasteiger partial charge in [-0.2, -0.15) is 5.26 Å². The summed E-state index contributed by atoms with van der Waals surface area (Å²) in [5, 5.41) is 9.82. The second kappa shape index (κ2) is 6.65. The Kier molecular flexibility index (Phi) is 4.50. The van der Waals surface area contributed by atoms with Crippen LogP contribution in [0.2, 0.25) is 0 Å². The summed E-state index contributed by atoms with van der Waals surface area (Å²) in [4.78, 5) is 28.0. The predicted octanol–water partition coefficient (Wildman–Crippen LogP) is 2.02. The van der Waals surface area contributed by atoms with E-state index in [1.807, 2.05) is 13.0 Å². The third-order valence-corrected chi connectivity index (χ3v) is 4.74. The van der Waals surface area contributed by atoms with Crippen molar-refractivity contribution in [2.75, 3.05) is 18.1 Å². The number of nitrogens with two attached hydrogens (primary N) is 1. The molecule has 1 spiro atoms. The lowest BCUT2D eigenvalue weighted by molar-refractivity contribution is -0.140. The Balaban J connectivity index is 2.38. The van der Waals surface area contributed by atoms with Crippen molar-refractivity contribution in [1.82, 2.24) is 0 Å². The highest BCUT2D eigenvalue weighted by Crippen LogP contribution is 2.53. The number of nitrogens with zero attached hydrogens (tertiary/aromatic N) is 2. The molecule has 1 aromatic rings. The third kappa shape index (κ3) is 2.34. The number of ether oxygens (including phenoxy) is 2. The van der Waals surface area contributed by atoms with Crippen LogP contribution in [0.4, 0.5) is 5.69 Å². The fraction of sp³-hybridized carbons (Fsp3) is 0.250. The minimum Gasteiger partial charge on any atom is -0.458 e. The highest BCUT2D eigenvalue weighted by molar-refractivity contribution is 6.18. The first kappa shape index (κ1) is 18.3. The van der Waals surface area contributed by atoms with E-state index in [1.165, 1.54) is 17.9 Å². The number of hydrogen-bond donors (Lipinski definition) is 1. The number of fused-ring (bicyclic) bond motifs is 2. The number of carbonyl (C=O) groups excluding carboxylic acids is 2. The molecular weight excluding hydrogens is 346 g/mol. The van der Waals surface area contributed by atoms with E-state index in [-0.39, 0.29) is 29.4 Å². The highest BCUT2D eigenvalue weighted by Gasteiger charge is 2.61. The zero-order valence-electron chi connectivity index (χ0n) is 15.1. The van der Waals surface area contributed by atoms with Gasteiger partial charge in [-0.15, -0.1) is 0 Å². The average molecular weight is 365 g/mol. The minimum atomic E-state index is -1.69. The summed E-state index contributed by atoms with van der Waals surface area (Å²) >= 11 is 0. The second-order valence-electron chi connectivity index (χ2n) is 6.09. The summed E-state index contributed by atoms with van der Waals surface area (Å²) in [5.41, 5.74) is 5.24. The van der Waals surface area contributed by atoms with Crippen molar-refractivity contribution in [1.29, 1.82) is 5.26 Å². The maximum absolute atomic E-state index is 13.6. The molecule has 0 saturated carbocycles. The quantitative estimate of drug-likeness (QED) is 0.646. The number of likely N-dealkylation sites (N-methyl/N-ethyl adjacent to an activating group) is 1. The first-order valence-electron chi connectivity index (χ1n) is 8.44. The number of esters is 1. The predicted molar refractivity (Wildman–Crippen MR) is 97.9 cm³/mol. The lowest BCUT2D eigenvalue weighted by Crippen LogP contribution is -2.48. The van der Waals surface area contributed by atoms with E-state index >= 15 is 0 Å². The van der Waals surface area contributed by atoms with E-state index < -0.39 is 17.3 Å². The smallest absolute Gasteiger partial charge is 0.339 e. The van der Waals surface area contributed by atoms with Gasteiger partial charge in [0.1, 0.15) is 29.6 Å². The van der Waals surface area contributed by atoms with Crippen LogP contribution in [0.15, 0.2) is 59.7 Å². The molecule has 2 aliphatic rings. The van der Waals surface area contributed by atoms with Crippen LogP contribution in [-0.4, -0.2) is 25.0 Å². The van der Waals surface area contributed by atoms with Crippen LogP contribution in [-0.2, 0) is 24.5 Å². The van der Waals surface area contributed by atoms with Gasteiger partial charge in [-0.25, -0.2) is 4.79 Å². The topological polar surface area (TPSA) is 106 Å². The molecule has 0 bridgehead atoms. The molecule has 1 atom stereocenters. The van der Waals surface area contributed by atoms with E-state index in [0.717, 1.165) is 0 Å². The highest BCUT2D eigenvalue weighted by atomic mass is 16.5. The summed E-state index contributed by atoms with van der Waals surface area (Å²) in [6.45, 7) is 7.19. The first-order chi connectivity index (χ1) is 12.9. The number of para-hydroxylation sites is 1. The molecule has 1 unspecified atom stereocenters. The van der Waals surface area contributed by atoms with Gasteiger partial charge in [0.2, 0.25) is 11.8 Å². The second-order valence-corrected chi connectivity index (χ2v) is 6.09. The zero-order valence-corrected chi connectivity index (χ0v) is 15.1. The van der Waals surface area contributed by atoms with Gasteiger partial charge in [-0.1, -0.05) is 30.9 Å². The molecule has 7 nitrogen and oxygen atoms in total. The standard InChI is InChI=1S/C20H19N3O4/c1-4-10-26-18(24)16-12(3)27-17(22)14(11-21)20(16)13-8-6-7-9-15(13)23(5-2)19(20)25/h4,6-9H,1,5,10,22H2,2-3H3. The first-order valence-corrected chi connectivity index (χ1v) is 8.44. The molecule has 2 aliphatic heterocycles. The van der Waals surface area contributed by atoms with Crippen molar-refractivity contribution in [2.24, 2.45) is 5.73 Å². The number of rotatable bonds is 4. The van der Waals surface area contributed by atoms with Crippen molar-refractivity contribution < 1.29 is 19.1 Å². The third-order valence-electron chi connectivity index (χ3n) is 4.74. The Labute approximate surface area is 157 Å². The molecule has 0 fully saturated rings. The number of amides is 1. The summed E-state index contributed by atoms with van der Waals surface area (Å²) < 4.78 is 10.6. The van der Waals surface area contributed by atoms with Gasteiger partial charge in [-0.3, -0.25) is 4.79 Å². The zero-order chi connectivity index (χ0) is 19.8. The number of hydrogen-bond acceptors (Lipinski definition) is 6. The monoisotopic (exact) mass is 365 g/mol. The van der Waals surface area contributed by atoms with Crippen molar-refractivity contribution >= 4 is 17.6 Å². The van der Waals surface area contributed by atoms with Crippen molar-refractivity contribution in [3.8, 4) is 6.07 Å². The summed E-state index contributed by atoms with van der Waals surface area (Å²) in [6, 6.07) is 9.01. The number of nitriles is 1. The summed E-state index contributed by atoms with van der Waals surface area (Å²) in [7, 11) is 0. The molecule has 7 heteroatoms. The molecule has 0 aliphatic carbocycles. The summed E-state index contributed by atoms with van der Waals surface area (Å²) in [6.07, 6.45) is 1.42. The molecule has 1 aromatic carbocycles. The van der Waals surface area contributed by atoms with Crippen molar-refractivity contribution in [3.05, 3.63) is 65.3 Å². The van der Waals surface area contributed by atoms with Crippen LogP contribution >= 0.6 is 0 Å². The van der Waals surface area contributed by atoms with E-state index in [4.69, 9.17) is 15.2 Å². The van der Waals surface area contributed by atoms with Crippen LogP contribution < -0.4 is 10.6 Å². The van der Waals surface area contributed by atoms with E-state index in [2.05, 4.69) is 6.58 Å². The SMILES string of the molecule is C=CCOC(=O)C1=C(C)OC(N)=C(C#N)C12C(=O)N(CC)c1ccccc12. The van der Waals surface area contributed by atoms with Gasteiger partial charge in [0.05, 0.1) is 0 Å². The molecule has 27 heavy (non-hydrogen) atoms. The van der Waals surface area contributed by atoms with Crippen molar-refractivity contribution in [3.63, 3.8) is 0 Å². The maximum atomic E-state index is 13.6. The molecule has 0 radical (unpaired) electrons. The molecule has 0 saturated heterocycles. The normalized spacial score (nSPS) is 21.1. The summed E-state index contributed by atoms with van der Waals surface area (Å²) in [5.74, 6) is -1.26. The fourth-order valence-corrected chi connectivity index (χ4v) is 3.73. The molecule has 2 N–H and O–H groups in total. The van der Waals surface area contributed by atoms with Crippen LogP contribution in [0.1, 0.15) is 19.4 Å². The van der Waals surface area contributed by atoms with Gasteiger partial charge < -0.3 is 20.1 Å². The molecule has 3 rings (SSSR count). The molecule has 2 heterocycles.